The summed E-state index contributed by atoms with van der Waals surface area (Å²) in [7, 11) is 1.92. The summed E-state index contributed by atoms with van der Waals surface area (Å²) in [6.45, 7) is 10.3. The molecule has 7 nitrogen and oxygen atoms in total. The molecule has 2 aromatic rings. The second-order valence-corrected chi connectivity index (χ2v) is 7.42. The SMILES string of the molecule is CCN1CCN(C2CCN(c3ncnc4c3c(Br)nn4C)C2)CC1. The Bertz CT molecular complexity index is 723. The number of likely N-dealkylation sites (N-methyl/N-ethyl adjacent to an activating group) is 1. The van der Waals surface area contributed by atoms with Gasteiger partial charge in [-0.05, 0) is 28.9 Å². The summed E-state index contributed by atoms with van der Waals surface area (Å²) in [5.74, 6) is 1.01. The van der Waals surface area contributed by atoms with E-state index < -0.39 is 0 Å². The predicted octanol–water partition coefficient (Wildman–Crippen LogP) is 1.34. The third kappa shape index (κ3) is 2.80. The second kappa shape index (κ2) is 6.57. The maximum absolute atomic E-state index is 4.57. The normalized spacial score (nSPS) is 23.5. The molecule has 1 unspecified atom stereocenters. The number of aryl methyl sites for hydroxylation is 1. The average molecular weight is 394 g/mol. The quantitative estimate of drug-likeness (QED) is 0.784. The Hall–Kier alpha value is -1.25. The molecule has 0 aliphatic carbocycles. The molecule has 0 spiro atoms. The van der Waals surface area contributed by atoms with E-state index in [-0.39, 0.29) is 0 Å². The Kier molecular flexibility index (Phi) is 4.44. The molecule has 2 aliphatic heterocycles. The van der Waals surface area contributed by atoms with Crippen molar-refractivity contribution in [2.24, 2.45) is 7.05 Å². The van der Waals surface area contributed by atoms with E-state index >= 15 is 0 Å². The van der Waals surface area contributed by atoms with Crippen molar-refractivity contribution >= 4 is 32.8 Å². The standard InChI is InChI=1S/C16H24BrN7/c1-3-22-6-8-23(9-7-22)12-4-5-24(10-12)16-13-14(17)20-21(2)15(13)18-11-19-16/h11-12H,3-10H2,1-2H3. The van der Waals surface area contributed by atoms with E-state index in [4.69, 9.17) is 0 Å². The van der Waals surface area contributed by atoms with E-state index in [1.165, 1.54) is 39.1 Å². The fourth-order valence-electron chi connectivity index (χ4n) is 3.94. The Morgan fingerprint density at radius 3 is 2.71 bits per heavy atom. The summed E-state index contributed by atoms with van der Waals surface area (Å²) in [4.78, 5) is 16.5. The largest absolute Gasteiger partial charge is 0.354 e. The van der Waals surface area contributed by atoms with Gasteiger partial charge in [-0.3, -0.25) is 4.90 Å². The van der Waals surface area contributed by atoms with Gasteiger partial charge >= 0.3 is 0 Å². The summed E-state index contributed by atoms with van der Waals surface area (Å²) in [5, 5.41) is 5.46. The molecule has 0 bridgehead atoms. The molecular weight excluding hydrogens is 370 g/mol. The molecule has 2 aromatic heterocycles. The van der Waals surface area contributed by atoms with Crippen LogP contribution in [0.15, 0.2) is 10.9 Å². The van der Waals surface area contributed by atoms with Gasteiger partial charge in [0.05, 0.1) is 5.39 Å². The van der Waals surface area contributed by atoms with Crippen LogP contribution in [0.4, 0.5) is 5.82 Å². The molecule has 1 atom stereocenters. The molecular formula is C16H24BrN7. The van der Waals surface area contributed by atoms with Crippen LogP contribution in [0, 0.1) is 0 Å². The van der Waals surface area contributed by atoms with Crippen molar-refractivity contribution < 1.29 is 0 Å². The number of nitrogens with zero attached hydrogens (tertiary/aromatic N) is 7. The number of fused-ring (bicyclic) bond motifs is 1. The Morgan fingerprint density at radius 1 is 1.17 bits per heavy atom. The van der Waals surface area contributed by atoms with Crippen LogP contribution in [0.5, 0.6) is 0 Å². The highest BCUT2D eigenvalue weighted by Gasteiger charge is 2.31. The van der Waals surface area contributed by atoms with Crippen LogP contribution < -0.4 is 4.90 Å². The van der Waals surface area contributed by atoms with Gasteiger partial charge in [-0.25, -0.2) is 14.6 Å². The summed E-state index contributed by atoms with van der Waals surface area (Å²) in [5.41, 5.74) is 0.881. The minimum atomic E-state index is 0.629. The molecule has 130 valence electrons. The summed E-state index contributed by atoms with van der Waals surface area (Å²) in [6.07, 6.45) is 2.86. The molecule has 4 rings (SSSR count). The van der Waals surface area contributed by atoms with E-state index in [1.54, 1.807) is 6.33 Å². The van der Waals surface area contributed by atoms with Crippen molar-refractivity contribution in [2.45, 2.75) is 19.4 Å². The van der Waals surface area contributed by atoms with E-state index in [1.807, 2.05) is 11.7 Å². The topological polar surface area (TPSA) is 53.3 Å². The maximum Gasteiger partial charge on any atom is 0.164 e. The number of anilines is 1. The second-order valence-electron chi connectivity index (χ2n) is 6.67. The van der Waals surface area contributed by atoms with Gasteiger partial charge < -0.3 is 9.80 Å². The van der Waals surface area contributed by atoms with Crippen molar-refractivity contribution in [3.63, 3.8) is 0 Å². The molecule has 0 saturated carbocycles. The number of piperazine rings is 1. The van der Waals surface area contributed by atoms with E-state index in [2.05, 4.69) is 52.6 Å². The monoisotopic (exact) mass is 393 g/mol. The van der Waals surface area contributed by atoms with Gasteiger partial charge in [0.15, 0.2) is 5.65 Å². The van der Waals surface area contributed by atoms with Gasteiger partial charge in [0, 0.05) is 52.4 Å². The highest BCUT2D eigenvalue weighted by Crippen LogP contribution is 2.32. The Morgan fingerprint density at radius 2 is 1.96 bits per heavy atom. The Labute approximate surface area is 150 Å². The van der Waals surface area contributed by atoms with Crippen LogP contribution in [-0.2, 0) is 7.05 Å². The van der Waals surface area contributed by atoms with Gasteiger partial charge in [-0.2, -0.15) is 5.10 Å². The first kappa shape index (κ1) is 16.2. The van der Waals surface area contributed by atoms with Crippen LogP contribution in [0.1, 0.15) is 13.3 Å². The van der Waals surface area contributed by atoms with Crippen LogP contribution in [0.2, 0.25) is 0 Å². The number of halogens is 1. The van der Waals surface area contributed by atoms with Gasteiger partial charge in [0.1, 0.15) is 16.7 Å². The zero-order chi connectivity index (χ0) is 16.7. The number of hydrogen-bond donors (Lipinski definition) is 0. The van der Waals surface area contributed by atoms with Crippen LogP contribution in [0.25, 0.3) is 11.0 Å². The van der Waals surface area contributed by atoms with Crippen molar-refractivity contribution in [1.29, 1.82) is 0 Å². The number of rotatable bonds is 3. The lowest BCUT2D eigenvalue weighted by atomic mass is 10.2. The van der Waals surface area contributed by atoms with E-state index in [0.717, 1.165) is 34.5 Å². The fraction of sp³-hybridized carbons (Fsp3) is 0.688. The first-order chi connectivity index (χ1) is 11.7. The lowest BCUT2D eigenvalue weighted by Crippen LogP contribution is -2.50. The lowest BCUT2D eigenvalue weighted by Gasteiger charge is -2.37. The van der Waals surface area contributed by atoms with E-state index in [0.29, 0.717) is 6.04 Å². The zero-order valence-electron chi connectivity index (χ0n) is 14.3. The molecule has 0 amide bonds. The smallest absolute Gasteiger partial charge is 0.164 e. The predicted molar refractivity (Wildman–Crippen MR) is 98.3 cm³/mol. The third-order valence-electron chi connectivity index (χ3n) is 5.39. The van der Waals surface area contributed by atoms with Gasteiger partial charge in [0.2, 0.25) is 0 Å². The minimum Gasteiger partial charge on any atom is -0.354 e. The molecule has 0 radical (unpaired) electrons. The molecule has 24 heavy (non-hydrogen) atoms. The number of hydrogen-bond acceptors (Lipinski definition) is 6. The molecule has 2 aliphatic rings. The van der Waals surface area contributed by atoms with Crippen molar-refractivity contribution in [3.8, 4) is 0 Å². The third-order valence-corrected chi connectivity index (χ3v) is 5.95. The Balaban J connectivity index is 1.51. The van der Waals surface area contributed by atoms with Crippen molar-refractivity contribution in [2.75, 3.05) is 50.7 Å². The van der Waals surface area contributed by atoms with Gasteiger partial charge in [-0.1, -0.05) is 6.92 Å². The van der Waals surface area contributed by atoms with Crippen LogP contribution >= 0.6 is 15.9 Å². The molecule has 8 heteroatoms. The van der Waals surface area contributed by atoms with Crippen LogP contribution in [-0.4, -0.2) is 81.4 Å². The van der Waals surface area contributed by atoms with Crippen molar-refractivity contribution in [1.82, 2.24) is 29.5 Å². The summed E-state index contributed by atoms with van der Waals surface area (Å²) in [6, 6.07) is 0.629. The maximum atomic E-state index is 4.57. The minimum absolute atomic E-state index is 0.629. The van der Waals surface area contributed by atoms with Crippen molar-refractivity contribution in [3.05, 3.63) is 10.9 Å². The molecule has 0 aromatic carbocycles. The van der Waals surface area contributed by atoms with E-state index in [9.17, 15) is 0 Å². The summed E-state index contributed by atoms with van der Waals surface area (Å²) >= 11 is 3.57. The summed E-state index contributed by atoms with van der Waals surface area (Å²) < 4.78 is 2.64. The number of aromatic nitrogens is 4. The van der Waals surface area contributed by atoms with Crippen LogP contribution in [0.3, 0.4) is 0 Å². The first-order valence-electron chi connectivity index (χ1n) is 8.72. The molecule has 2 fully saturated rings. The average Bonchev–Trinajstić information content (AvgIpc) is 3.21. The first-order valence-corrected chi connectivity index (χ1v) is 9.51. The lowest BCUT2D eigenvalue weighted by molar-refractivity contribution is 0.107. The van der Waals surface area contributed by atoms with Gasteiger partial charge in [0.25, 0.3) is 0 Å². The molecule has 0 N–H and O–H groups in total. The molecule has 2 saturated heterocycles. The highest BCUT2D eigenvalue weighted by molar-refractivity contribution is 9.10. The highest BCUT2D eigenvalue weighted by atomic mass is 79.9. The van der Waals surface area contributed by atoms with Gasteiger partial charge in [-0.15, -0.1) is 0 Å². The zero-order valence-corrected chi connectivity index (χ0v) is 15.9. The molecule has 4 heterocycles. The fourth-order valence-corrected chi connectivity index (χ4v) is 4.54.